The van der Waals surface area contributed by atoms with Gasteiger partial charge in [0.25, 0.3) is 0 Å². The Kier molecular flexibility index (Phi) is 2.86. The number of fused-ring (bicyclic) bond motifs is 4. The highest BCUT2D eigenvalue weighted by Gasteiger charge is 2.35. The van der Waals surface area contributed by atoms with Crippen LogP contribution < -0.4 is 9.80 Å². The van der Waals surface area contributed by atoms with E-state index in [1.807, 2.05) is 24.4 Å². The van der Waals surface area contributed by atoms with Gasteiger partial charge in [-0.1, -0.05) is 30.3 Å². The molecule has 2 aromatic carbocycles. The van der Waals surface area contributed by atoms with Gasteiger partial charge in [-0.15, -0.1) is 0 Å². The van der Waals surface area contributed by atoms with Gasteiger partial charge in [-0.2, -0.15) is 0 Å². The summed E-state index contributed by atoms with van der Waals surface area (Å²) in [5.41, 5.74) is 5.31. The SMILES string of the molecule is Cc1ccc2c(oc3ccccc32)c1N1c2cccnc2N(C)[C@H]1C. The van der Waals surface area contributed by atoms with Crippen molar-refractivity contribution in [2.75, 3.05) is 16.8 Å². The third-order valence-corrected chi connectivity index (χ3v) is 5.26. The number of pyridine rings is 1. The summed E-state index contributed by atoms with van der Waals surface area (Å²) in [6.45, 7) is 4.34. The van der Waals surface area contributed by atoms with E-state index in [4.69, 9.17) is 4.42 Å². The van der Waals surface area contributed by atoms with Gasteiger partial charge in [0, 0.05) is 24.0 Å². The van der Waals surface area contributed by atoms with Crippen LogP contribution in [0.3, 0.4) is 0 Å². The average Bonchev–Trinajstić information content (AvgIpc) is 3.12. The standard InChI is InChI=1S/C21H19N3O/c1-13-10-11-16-15-7-4-5-9-18(15)25-20(16)19(13)24-14(2)23(3)21-17(24)8-6-12-22-21/h4-12,14H,1-3H3/t14-/m1/s1. The Bertz CT molecular complexity index is 1110. The minimum absolute atomic E-state index is 0.169. The van der Waals surface area contributed by atoms with Gasteiger partial charge < -0.3 is 14.2 Å². The van der Waals surface area contributed by atoms with Crippen molar-refractivity contribution in [2.45, 2.75) is 20.0 Å². The van der Waals surface area contributed by atoms with Crippen molar-refractivity contribution in [2.24, 2.45) is 0 Å². The first kappa shape index (κ1) is 14.3. The lowest BCUT2D eigenvalue weighted by Crippen LogP contribution is -2.36. The topological polar surface area (TPSA) is 32.5 Å². The van der Waals surface area contributed by atoms with E-state index in [9.17, 15) is 0 Å². The zero-order valence-corrected chi connectivity index (χ0v) is 14.5. The molecule has 0 spiro atoms. The summed E-state index contributed by atoms with van der Waals surface area (Å²) in [5, 5.41) is 2.31. The van der Waals surface area contributed by atoms with Crippen LogP contribution in [-0.2, 0) is 0 Å². The van der Waals surface area contributed by atoms with Crippen LogP contribution >= 0.6 is 0 Å². The van der Waals surface area contributed by atoms with Gasteiger partial charge in [0.15, 0.2) is 11.4 Å². The molecular formula is C21H19N3O. The number of rotatable bonds is 1. The molecule has 0 N–H and O–H groups in total. The van der Waals surface area contributed by atoms with Gasteiger partial charge in [0.05, 0.1) is 11.4 Å². The van der Waals surface area contributed by atoms with Crippen LogP contribution in [0.2, 0.25) is 0 Å². The highest BCUT2D eigenvalue weighted by Crippen LogP contribution is 2.46. The molecule has 25 heavy (non-hydrogen) atoms. The van der Waals surface area contributed by atoms with Crippen molar-refractivity contribution >= 4 is 39.1 Å². The van der Waals surface area contributed by atoms with Crippen molar-refractivity contribution in [1.29, 1.82) is 0 Å². The zero-order chi connectivity index (χ0) is 17.1. The molecule has 1 aliphatic heterocycles. The second kappa shape index (κ2) is 4.99. The van der Waals surface area contributed by atoms with Crippen LogP contribution in [0.4, 0.5) is 17.2 Å². The first-order chi connectivity index (χ1) is 12.2. The molecule has 4 aromatic rings. The van der Waals surface area contributed by atoms with Crippen LogP contribution in [0.25, 0.3) is 21.9 Å². The second-order valence-electron chi connectivity index (χ2n) is 6.66. The number of benzene rings is 2. The molecule has 0 fully saturated rings. The fraction of sp³-hybridized carbons (Fsp3) is 0.190. The Labute approximate surface area is 146 Å². The lowest BCUT2D eigenvalue weighted by atomic mass is 10.1. The molecule has 124 valence electrons. The molecule has 4 heteroatoms. The minimum atomic E-state index is 0.169. The number of aromatic nitrogens is 1. The van der Waals surface area contributed by atoms with Crippen LogP contribution in [0.1, 0.15) is 12.5 Å². The molecule has 1 atom stereocenters. The third-order valence-electron chi connectivity index (χ3n) is 5.26. The number of aryl methyl sites for hydroxylation is 1. The van der Waals surface area contributed by atoms with Crippen LogP contribution in [0, 0.1) is 6.92 Å². The number of hydrogen-bond acceptors (Lipinski definition) is 4. The number of para-hydroxylation sites is 1. The van der Waals surface area contributed by atoms with Crippen LogP contribution in [0.5, 0.6) is 0 Å². The van der Waals surface area contributed by atoms with E-state index >= 15 is 0 Å². The maximum atomic E-state index is 6.29. The van der Waals surface area contributed by atoms with Crippen molar-refractivity contribution in [3.63, 3.8) is 0 Å². The summed E-state index contributed by atoms with van der Waals surface area (Å²) in [6.07, 6.45) is 2.02. The smallest absolute Gasteiger partial charge is 0.159 e. The predicted octanol–water partition coefficient (Wildman–Crippen LogP) is 5.22. The van der Waals surface area contributed by atoms with Gasteiger partial charge in [0.1, 0.15) is 11.7 Å². The van der Waals surface area contributed by atoms with E-state index in [-0.39, 0.29) is 6.17 Å². The molecule has 0 radical (unpaired) electrons. The number of hydrogen-bond donors (Lipinski definition) is 0. The van der Waals surface area contributed by atoms with Crippen LogP contribution in [0.15, 0.2) is 59.1 Å². The molecule has 1 aliphatic rings. The third kappa shape index (κ3) is 1.85. The van der Waals surface area contributed by atoms with E-state index in [1.54, 1.807) is 0 Å². The fourth-order valence-corrected chi connectivity index (χ4v) is 3.88. The Morgan fingerprint density at radius 1 is 1.00 bits per heavy atom. The van der Waals surface area contributed by atoms with Gasteiger partial charge >= 0.3 is 0 Å². The molecule has 4 nitrogen and oxygen atoms in total. The summed E-state index contributed by atoms with van der Waals surface area (Å²) in [4.78, 5) is 9.11. The highest BCUT2D eigenvalue weighted by atomic mass is 16.3. The molecular weight excluding hydrogens is 310 g/mol. The number of nitrogens with zero attached hydrogens (tertiary/aromatic N) is 3. The van der Waals surface area contributed by atoms with Gasteiger partial charge in [-0.25, -0.2) is 4.98 Å². The largest absolute Gasteiger partial charge is 0.454 e. The number of furan rings is 1. The summed E-state index contributed by atoms with van der Waals surface area (Å²) < 4.78 is 6.29. The van der Waals surface area contributed by atoms with E-state index in [1.165, 1.54) is 5.56 Å². The van der Waals surface area contributed by atoms with E-state index in [2.05, 4.69) is 66.0 Å². The van der Waals surface area contributed by atoms with Crippen LogP contribution in [-0.4, -0.2) is 18.2 Å². The first-order valence-corrected chi connectivity index (χ1v) is 8.55. The lowest BCUT2D eigenvalue weighted by molar-refractivity contribution is 0.661. The van der Waals surface area contributed by atoms with Gasteiger partial charge in [-0.05, 0) is 37.6 Å². The molecule has 2 aromatic heterocycles. The fourth-order valence-electron chi connectivity index (χ4n) is 3.88. The van der Waals surface area contributed by atoms with E-state index < -0.39 is 0 Å². The Morgan fingerprint density at radius 2 is 1.84 bits per heavy atom. The Hall–Kier alpha value is -3.01. The van der Waals surface area contributed by atoms with E-state index in [0.29, 0.717) is 0 Å². The van der Waals surface area contributed by atoms with Gasteiger partial charge in [0.2, 0.25) is 0 Å². The normalized spacial score (nSPS) is 16.8. The predicted molar refractivity (Wildman–Crippen MR) is 103 cm³/mol. The number of anilines is 3. The summed E-state index contributed by atoms with van der Waals surface area (Å²) in [7, 11) is 2.09. The molecule has 0 saturated heterocycles. The molecule has 0 saturated carbocycles. The maximum absolute atomic E-state index is 6.29. The summed E-state index contributed by atoms with van der Waals surface area (Å²) in [6, 6.07) is 16.7. The Morgan fingerprint density at radius 3 is 2.72 bits per heavy atom. The van der Waals surface area contributed by atoms with Crippen molar-refractivity contribution in [1.82, 2.24) is 4.98 Å². The highest BCUT2D eigenvalue weighted by molar-refractivity contribution is 6.10. The quantitative estimate of drug-likeness (QED) is 0.479. The molecule has 0 aliphatic carbocycles. The lowest BCUT2D eigenvalue weighted by Gasteiger charge is -2.28. The monoisotopic (exact) mass is 329 g/mol. The minimum Gasteiger partial charge on any atom is -0.454 e. The van der Waals surface area contributed by atoms with Crippen molar-refractivity contribution in [3.05, 3.63) is 60.3 Å². The van der Waals surface area contributed by atoms with E-state index in [0.717, 1.165) is 39.1 Å². The van der Waals surface area contributed by atoms with Crippen molar-refractivity contribution in [3.8, 4) is 0 Å². The molecule has 0 amide bonds. The molecule has 3 heterocycles. The Balaban J connectivity index is 1.85. The second-order valence-corrected chi connectivity index (χ2v) is 6.66. The molecule has 5 rings (SSSR count). The molecule has 0 bridgehead atoms. The summed E-state index contributed by atoms with van der Waals surface area (Å²) >= 11 is 0. The van der Waals surface area contributed by atoms with Gasteiger partial charge in [-0.3, -0.25) is 0 Å². The van der Waals surface area contributed by atoms with Crippen molar-refractivity contribution < 1.29 is 4.42 Å². The first-order valence-electron chi connectivity index (χ1n) is 8.55. The average molecular weight is 329 g/mol. The molecule has 0 unspecified atom stereocenters. The maximum Gasteiger partial charge on any atom is 0.159 e. The zero-order valence-electron chi connectivity index (χ0n) is 14.5. The summed E-state index contributed by atoms with van der Waals surface area (Å²) in [5.74, 6) is 1.00.